The van der Waals surface area contributed by atoms with Crippen LogP contribution < -0.4 is 18.9 Å². The first kappa shape index (κ1) is 14.6. The molecule has 24 heavy (non-hydrogen) atoms. The molecule has 0 saturated carbocycles. The van der Waals surface area contributed by atoms with Gasteiger partial charge in [0, 0.05) is 18.0 Å². The number of nitrogens with zero attached hydrogens (tertiary/aromatic N) is 1. The maximum atomic E-state index is 5.49. The number of hydrogen-bond acceptors (Lipinski definition) is 5. The molecule has 0 fully saturated rings. The maximum absolute atomic E-state index is 5.49. The minimum absolute atomic E-state index is 0.268. The molecule has 0 atom stereocenters. The predicted molar refractivity (Wildman–Crippen MR) is 90.2 cm³/mol. The van der Waals surface area contributed by atoms with Crippen molar-refractivity contribution in [2.45, 2.75) is 6.42 Å². The van der Waals surface area contributed by atoms with Gasteiger partial charge < -0.3 is 18.9 Å². The Morgan fingerprint density at radius 1 is 0.958 bits per heavy atom. The van der Waals surface area contributed by atoms with Crippen LogP contribution in [-0.2, 0) is 6.42 Å². The van der Waals surface area contributed by atoms with Gasteiger partial charge in [0.1, 0.15) is 0 Å². The van der Waals surface area contributed by atoms with Crippen LogP contribution in [-0.4, -0.2) is 26.0 Å². The summed E-state index contributed by atoms with van der Waals surface area (Å²) in [5.74, 6) is 2.98. The van der Waals surface area contributed by atoms with Gasteiger partial charge in [0.2, 0.25) is 6.79 Å². The molecule has 0 spiro atoms. The number of benzene rings is 2. The quantitative estimate of drug-likeness (QED) is 0.734. The van der Waals surface area contributed by atoms with E-state index in [9.17, 15) is 0 Å². The molecule has 5 nitrogen and oxygen atoms in total. The third-order valence-electron chi connectivity index (χ3n) is 4.16. The normalized spacial score (nSPS) is 12.4. The fourth-order valence-corrected chi connectivity index (χ4v) is 2.95. The molecule has 3 aromatic rings. The fourth-order valence-electron chi connectivity index (χ4n) is 2.95. The molecule has 0 saturated heterocycles. The molecule has 2 heterocycles. The van der Waals surface area contributed by atoms with Crippen LogP contribution in [0.1, 0.15) is 11.3 Å². The average molecular weight is 323 g/mol. The summed E-state index contributed by atoms with van der Waals surface area (Å²) >= 11 is 0. The molecule has 0 unspecified atom stereocenters. The number of ether oxygens (including phenoxy) is 4. The van der Waals surface area contributed by atoms with Gasteiger partial charge in [-0.25, -0.2) is 0 Å². The van der Waals surface area contributed by atoms with Gasteiger partial charge in [-0.15, -0.1) is 0 Å². The summed E-state index contributed by atoms with van der Waals surface area (Å²) in [7, 11) is 3.27. The molecule has 1 aliphatic rings. The molecule has 0 radical (unpaired) electrons. The highest BCUT2D eigenvalue weighted by atomic mass is 16.7. The summed E-state index contributed by atoms with van der Waals surface area (Å²) in [4.78, 5) is 4.56. The summed E-state index contributed by atoms with van der Waals surface area (Å²) < 4.78 is 21.6. The van der Waals surface area contributed by atoms with E-state index in [0.717, 1.165) is 39.3 Å². The first-order valence-electron chi connectivity index (χ1n) is 7.66. The first-order valence-corrected chi connectivity index (χ1v) is 7.66. The number of hydrogen-bond donors (Lipinski definition) is 0. The van der Waals surface area contributed by atoms with Crippen LogP contribution in [0.2, 0.25) is 0 Å². The van der Waals surface area contributed by atoms with Gasteiger partial charge >= 0.3 is 0 Å². The van der Waals surface area contributed by atoms with Gasteiger partial charge in [-0.1, -0.05) is 6.07 Å². The van der Waals surface area contributed by atoms with Crippen molar-refractivity contribution in [1.82, 2.24) is 4.98 Å². The van der Waals surface area contributed by atoms with Crippen molar-refractivity contribution in [2.24, 2.45) is 0 Å². The van der Waals surface area contributed by atoms with Crippen molar-refractivity contribution in [3.63, 3.8) is 0 Å². The molecule has 1 aliphatic heterocycles. The first-order chi connectivity index (χ1) is 11.8. The van der Waals surface area contributed by atoms with E-state index in [2.05, 4.69) is 4.98 Å². The second-order valence-electron chi connectivity index (χ2n) is 5.55. The Bertz CT molecular complexity index is 907. The molecule has 122 valence electrons. The number of pyridine rings is 1. The largest absolute Gasteiger partial charge is 0.493 e. The molecular weight excluding hydrogens is 306 g/mol. The van der Waals surface area contributed by atoms with E-state index in [1.165, 1.54) is 0 Å². The van der Waals surface area contributed by atoms with Crippen LogP contribution in [0.25, 0.3) is 10.8 Å². The van der Waals surface area contributed by atoms with E-state index in [1.54, 1.807) is 14.2 Å². The molecule has 4 rings (SSSR count). The highest BCUT2D eigenvalue weighted by molar-refractivity contribution is 5.88. The Hall–Kier alpha value is -2.95. The van der Waals surface area contributed by atoms with E-state index in [4.69, 9.17) is 18.9 Å². The zero-order chi connectivity index (χ0) is 16.5. The topological polar surface area (TPSA) is 49.8 Å². The molecule has 0 amide bonds. The Morgan fingerprint density at radius 2 is 1.75 bits per heavy atom. The fraction of sp³-hybridized carbons (Fsp3) is 0.211. The van der Waals surface area contributed by atoms with Crippen LogP contribution in [0.15, 0.2) is 42.6 Å². The summed E-state index contributed by atoms with van der Waals surface area (Å²) in [6.45, 7) is 0.268. The lowest BCUT2D eigenvalue weighted by Crippen LogP contribution is -1.96. The molecule has 0 N–H and O–H groups in total. The van der Waals surface area contributed by atoms with Crippen molar-refractivity contribution in [3.8, 4) is 23.0 Å². The third kappa shape index (κ3) is 2.48. The van der Waals surface area contributed by atoms with Crippen LogP contribution in [0.4, 0.5) is 0 Å². The molecule has 0 aliphatic carbocycles. The van der Waals surface area contributed by atoms with Crippen molar-refractivity contribution in [3.05, 3.63) is 53.9 Å². The molecule has 1 aromatic heterocycles. The Balaban J connectivity index is 1.74. The number of methoxy groups -OCH3 is 2. The molecular formula is C19H17NO4. The lowest BCUT2D eigenvalue weighted by molar-refractivity contribution is 0.174. The van der Waals surface area contributed by atoms with Crippen molar-refractivity contribution >= 4 is 10.8 Å². The average Bonchev–Trinajstić information content (AvgIpc) is 3.07. The summed E-state index contributed by atoms with van der Waals surface area (Å²) in [6, 6.07) is 11.9. The van der Waals surface area contributed by atoms with Crippen molar-refractivity contribution in [2.75, 3.05) is 21.0 Å². The molecule has 2 aromatic carbocycles. The van der Waals surface area contributed by atoms with E-state index in [-0.39, 0.29) is 6.79 Å². The second-order valence-corrected chi connectivity index (χ2v) is 5.55. The van der Waals surface area contributed by atoms with Gasteiger partial charge in [-0.3, -0.25) is 4.98 Å². The molecule has 0 bridgehead atoms. The van der Waals surface area contributed by atoms with E-state index < -0.39 is 0 Å². The minimum atomic E-state index is 0.268. The zero-order valence-electron chi connectivity index (χ0n) is 13.5. The maximum Gasteiger partial charge on any atom is 0.231 e. The van der Waals surface area contributed by atoms with Crippen molar-refractivity contribution in [1.29, 1.82) is 0 Å². The number of fused-ring (bicyclic) bond motifs is 2. The van der Waals surface area contributed by atoms with E-state index in [1.807, 2.05) is 42.6 Å². The van der Waals surface area contributed by atoms with E-state index in [0.29, 0.717) is 12.2 Å². The highest BCUT2D eigenvalue weighted by Crippen LogP contribution is 2.37. The third-order valence-corrected chi connectivity index (χ3v) is 4.16. The highest BCUT2D eigenvalue weighted by Gasteiger charge is 2.16. The van der Waals surface area contributed by atoms with Gasteiger partial charge in [0.25, 0.3) is 0 Å². The van der Waals surface area contributed by atoms with Gasteiger partial charge in [0.15, 0.2) is 23.0 Å². The zero-order valence-corrected chi connectivity index (χ0v) is 13.5. The lowest BCUT2D eigenvalue weighted by Gasteiger charge is -2.11. The summed E-state index contributed by atoms with van der Waals surface area (Å²) in [5.41, 5.74) is 2.09. The summed E-state index contributed by atoms with van der Waals surface area (Å²) in [6.07, 6.45) is 2.51. The molecule has 5 heteroatoms. The van der Waals surface area contributed by atoms with Crippen LogP contribution in [0, 0.1) is 0 Å². The Kier molecular flexibility index (Phi) is 3.61. The smallest absolute Gasteiger partial charge is 0.231 e. The SMILES string of the molecule is COc1ccc(Cc2nccc3cc4c(cc23)OCO4)cc1OC. The van der Waals surface area contributed by atoms with Gasteiger partial charge in [0.05, 0.1) is 19.9 Å². The van der Waals surface area contributed by atoms with Crippen LogP contribution in [0.3, 0.4) is 0 Å². The second kappa shape index (κ2) is 5.92. The van der Waals surface area contributed by atoms with Crippen molar-refractivity contribution < 1.29 is 18.9 Å². The Morgan fingerprint density at radius 3 is 2.54 bits per heavy atom. The number of aromatic nitrogens is 1. The van der Waals surface area contributed by atoms with Crippen LogP contribution >= 0.6 is 0 Å². The Labute approximate surface area is 139 Å². The van der Waals surface area contributed by atoms with Crippen LogP contribution in [0.5, 0.6) is 23.0 Å². The standard InChI is InChI=1S/C19H17NO4/c1-21-16-4-3-12(8-17(16)22-2)7-15-14-10-19-18(23-11-24-19)9-13(14)5-6-20-15/h3-6,8-10H,7,11H2,1-2H3. The van der Waals surface area contributed by atoms with Gasteiger partial charge in [-0.2, -0.15) is 0 Å². The van der Waals surface area contributed by atoms with E-state index >= 15 is 0 Å². The minimum Gasteiger partial charge on any atom is -0.493 e. The lowest BCUT2D eigenvalue weighted by atomic mass is 10.0. The summed E-state index contributed by atoms with van der Waals surface area (Å²) in [5, 5.41) is 2.15. The predicted octanol–water partition coefficient (Wildman–Crippen LogP) is 3.57. The number of rotatable bonds is 4. The van der Waals surface area contributed by atoms with Gasteiger partial charge in [-0.05, 0) is 41.3 Å². The monoisotopic (exact) mass is 323 g/mol.